The number of ether oxygens (including phenoxy) is 1. The Kier molecular flexibility index (Phi) is 3.88. The van der Waals surface area contributed by atoms with Gasteiger partial charge in [-0.05, 0) is 31.2 Å². The summed E-state index contributed by atoms with van der Waals surface area (Å²) >= 11 is 0. The molecular formula is C16H11F3N2O3. The first kappa shape index (κ1) is 15.9. The quantitative estimate of drug-likeness (QED) is 0.828. The van der Waals surface area contributed by atoms with E-state index < -0.39 is 35.2 Å². The number of hydrogen-bond acceptors (Lipinski definition) is 3. The molecule has 0 fully saturated rings. The van der Waals surface area contributed by atoms with E-state index in [9.17, 15) is 22.8 Å². The zero-order valence-electron chi connectivity index (χ0n) is 12.3. The van der Waals surface area contributed by atoms with Crippen LogP contribution in [0.25, 0.3) is 0 Å². The molecule has 1 aliphatic heterocycles. The van der Waals surface area contributed by atoms with E-state index in [1.807, 2.05) is 0 Å². The molecule has 0 bridgehead atoms. The molecular weight excluding hydrogens is 325 g/mol. The van der Waals surface area contributed by atoms with Crippen molar-refractivity contribution in [3.8, 4) is 5.75 Å². The summed E-state index contributed by atoms with van der Waals surface area (Å²) < 4.78 is 45.3. The molecule has 124 valence electrons. The Morgan fingerprint density at radius 2 is 1.92 bits per heavy atom. The van der Waals surface area contributed by atoms with E-state index in [1.54, 1.807) is 0 Å². The Balaban J connectivity index is 1.94. The van der Waals surface area contributed by atoms with Crippen LogP contribution in [0.15, 0.2) is 30.3 Å². The monoisotopic (exact) mass is 336 g/mol. The highest BCUT2D eigenvalue weighted by molar-refractivity contribution is 6.09. The molecule has 1 atom stereocenters. The molecule has 2 aromatic carbocycles. The van der Waals surface area contributed by atoms with E-state index in [1.165, 1.54) is 25.1 Å². The van der Waals surface area contributed by atoms with Gasteiger partial charge in [-0.25, -0.2) is 13.2 Å². The molecule has 1 heterocycles. The maximum absolute atomic E-state index is 13.7. The minimum Gasteiger partial charge on any atom is -0.478 e. The van der Waals surface area contributed by atoms with E-state index in [0.29, 0.717) is 6.07 Å². The van der Waals surface area contributed by atoms with Crippen LogP contribution < -0.4 is 15.4 Å². The molecule has 8 heteroatoms. The van der Waals surface area contributed by atoms with Crippen molar-refractivity contribution in [2.75, 3.05) is 10.6 Å². The van der Waals surface area contributed by atoms with Gasteiger partial charge in [-0.15, -0.1) is 0 Å². The summed E-state index contributed by atoms with van der Waals surface area (Å²) in [5.41, 5.74) is -0.204. The third kappa shape index (κ3) is 2.66. The summed E-state index contributed by atoms with van der Waals surface area (Å²) in [4.78, 5) is 23.9. The fourth-order valence-corrected chi connectivity index (χ4v) is 2.22. The van der Waals surface area contributed by atoms with Gasteiger partial charge in [-0.3, -0.25) is 9.59 Å². The highest BCUT2D eigenvalue weighted by atomic mass is 19.2. The van der Waals surface area contributed by atoms with Crippen molar-refractivity contribution in [2.24, 2.45) is 0 Å². The number of nitrogens with one attached hydrogen (secondary N) is 2. The van der Waals surface area contributed by atoms with Crippen LogP contribution in [0.3, 0.4) is 0 Å². The van der Waals surface area contributed by atoms with Gasteiger partial charge in [0.15, 0.2) is 29.3 Å². The van der Waals surface area contributed by atoms with Crippen LogP contribution in [0.2, 0.25) is 0 Å². The lowest BCUT2D eigenvalue weighted by Gasteiger charge is -2.25. The van der Waals surface area contributed by atoms with Crippen LogP contribution in [0, 0.1) is 17.5 Å². The Bertz CT molecular complexity index is 855. The predicted octanol–water partition coefficient (Wildman–Crippen LogP) is 3.08. The van der Waals surface area contributed by atoms with E-state index in [2.05, 4.69) is 10.6 Å². The van der Waals surface area contributed by atoms with Crippen LogP contribution in [-0.2, 0) is 4.79 Å². The summed E-state index contributed by atoms with van der Waals surface area (Å²) in [5.74, 6) is -5.59. The van der Waals surface area contributed by atoms with Gasteiger partial charge in [0, 0.05) is 0 Å². The molecule has 2 N–H and O–H groups in total. The van der Waals surface area contributed by atoms with Crippen LogP contribution in [0.4, 0.5) is 24.5 Å². The molecule has 0 radical (unpaired) electrons. The maximum Gasteiger partial charge on any atom is 0.265 e. The Labute approximate surface area is 134 Å². The second-order valence-corrected chi connectivity index (χ2v) is 5.11. The third-order valence-electron chi connectivity index (χ3n) is 3.46. The Morgan fingerprint density at radius 3 is 2.67 bits per heavy atom. The van der Waals surface area contributed by atoms with Crippen molar-refractivity contribution in [1.29, 1.82) is 0 Å². The summed E-state index contributed by atoms with van der Waals surface area (Å²) in [6, 6.07) is 6.04. The molecule has 3 rings (SSSR count). The van der Waals surface area contributed by atoms with Crippen molar-refractivity contribution < 1.29 is 27.5 Å². The highest BCUT2D eigenvalue weighted by Crippen LogP contribution is 2.34. The van der Waals surface area contributed by atoms with Crippen molar-refractivity contribution in [1.82, 2.24) is 0 Å². The average molecular weight is 336 g/mol. The fraction of sp³-hybridized carbons (Fsp3) is 0.125. The van der Waals surface area contributed by atoms with Crippen molar-refractivity contribution in [3.63, 3.8) is 0 Å². The first-order valence-corrected chi connectivity index (χ1v) is 6.94. The van der Waals surface area contributed by atoms with Crippen molar-refractivity contribution >= 4 is 23.2 Å². The van der Waals surface area contributed by atoms with Crippen molar-refractivity contribution in [2.45, 2.75) is 13.0 Å². The van der Waals surface area contributed by atoms with E-state index >= 15 is 0 Å². The number of rotatable bonds is 2. The van der Waals surface area contributed by atoms with E-state index in [4.69, 9.17) is 4.74 Å². The van der Waals surface area contributed by atoms with Gasteiger partial charge in [0.1, 0.15) is 0 Å². The zero-order chi connectivity index (χ0) is 17.4. The Morgan fingerprint density at radius 1 is 1.17 bits per heavy atom. The number of benzene rings is 2. The molecule has 0 saturated heterocycles. The summed E-state index contributed by atoms with van der Waals surface area (Å²) in [6.45, 7) is 1.50. The van der Waals surface area contributed by atoms with Gasteiger partial charge in [0.2, 0.25) is 0 Å². The number of anilines is 2. The number of para-hydroxylation sites is 1. The molecule has 24 heavy (non-hydrogen) atoms. The topological polar surface area (TPSA) is 67.4 Å². The minimum absolute atomic E-state index is 0.0171. The maximum atomic E-state index is 13.7. The number of hydrogen-bond donors (Lipinski definition) is 2. The third-order valence-corrected chi connectivity index (χ3v) is 3.46. The molecule has 0 saturated carbocycles. The molecule has 0 aliphatic carbocycles. The summed E-state index contributed by atoms with van der Waals surface area (Å²) in [5, 5.41) is 4.73. The molecule has 1 aliphatic rings. The zero-order valence-corrected chi connectivity index (χ0v) is 12.3. The molecule has 5 nitrogen and oxygen atoms in total. The minimum atomic E-state index is -1.68. The molecule has 2 amide bonds. The van der Waals surface area contributed by atoms with Gasteiger partial charge in [0.25, 0.3) is 11.8 Å². The van der Waals surface area contributed by atoms with Gasteiger partial charge >= 0.3 is 0 Å². The van der Waals surface area contributed by atoms with E-state index in [-0.39, 0.29) is 22.9 Å². The Hall–Kier alpha value is -3.03. The van der Waals surface area contributed by atoms with Gasteiger partial charge in [-0.2, -0.15) is 0 Å². The standard InChI is InChI=1S/C16H11F3N2O3/c1-7-15(22)21-11-4-2-3-8(14(11)24-7)16(23)20-10-6-5-9(17)12(18)13(10)19/h2-7H,1H3,(H,20,23)(H,21,22). The van der Waals surface area contributed by atoms with Crippen LogP contribution >= 0.6 is 0 Å². The molecule has 1 unspecified atom stereocenters. The average Bonchev–Trinajstić information content (AvgIpc) is 2.56. The number of carbonyl (C=O) groups is 2. The number of carbonyl (C=O) groups excluding carboxylic acids is 2. The SMILES string of the molecule is CC1Oc2c(cccc2C(=O)Nc2ccc(F)c(F)c2F)NC1=O. The number of halogens is 3. The largest absolute Gasteiger partial charge is 0.478 e. The lowest BCUT2D eigenvalue weighted by molar-refractivity contribution is -0.122. The fourth-order valence-electron chi connectivity index (χ4n) is 2.22. The smallest absolute Gasteiger partial charge is 0.265 e. The van der Waals surface area contributed by atoms with Gasteiger partial charge < -0.3 is 15.4 Å². The lowest BCUT2D eigenvalue weighted by atomic mass is 10.1. The molecule has 0 spiro atoms. The molecule has 2 aromatic rings. The van der Waals surface area contributed by atoms with Crippen LogP contribution in [0.1, 0.15) is 17.3 Å². The lowest BCUT2D eigenvalue weighted by Crippen LogP contribution is -2.35. The summed E-state index contributed by atoms with van der Waals surface area (Å²) in [6.07, 6.45) is -0.813. The second kappa shape index (κ2) is 5.88. The predicted molar refractivity (Wildman–Crippen MR) is 79.4 cm³/mol. The second-order valence-electron chi connectivity index (χ2n) is 5.11. The number of fused-ring (bicyclic) bond motifs is 1. The first-order valence-electron chi connectivity index (χ1n) is 6.94. The van der Waals surface area contributed by atoms with Gasteiger partial charge in [-0.1, -0.05) is 6.07 Å². The molecule has 0 aromatic heterocycles. The normalized spacial score (nSPS) is 16.0. The van der Waals surface area contributed by atoms with Crippen molar-refractivity contribution in [3.05, 3.63) is 53.3 Å². The number of amides is 2. The van der Waals surface area contributed by atoms with E-state index in [0.717, 1.165) is 6.07 Å². The highest BCUT2D eigenvalue weighted by Gasteiger charge is 2.28. The first-order chi connectivity index (χ1) is 11.4. The van der Waals surface area contributed by atoms with Crippen LogP contribution in [0.5, 0.6) is 5.75 Å². The van der Waals surface area contributed by atoms with Gasteiger partial charge in [0.05, 0.1) is 16.9 Å². The van der Waals surface area contributed by atoms with Crippen LogP contribution in [-0.4, -0.2) is 17.9 Å². The summed E-state index contributed by atoms with van der Waals surface area (Å²) in [7, 11) is 0.